The number of aromatic hydroxyl groups is 1. The van der Waals surface area contributed by atoms with Crippen LogP contribution in [0.5, 0.6) is 5.88 Å². The SMILES string of the molecule is C[C@H](CCC(=O)N=Nc1c(O)[nH]c2cc([N+](=O)[O-])ccc12)[C@H]1CC[C@H]2[C@@H]3[C@@H](O)C[C@H]4C[C@@H](O)CC[C@]4(C)[C@H]3CC[C@]12C. The maximum atomic E-state index is 12.7. The number of carbonyl (C=O) groups excluding carboxylic acids is 1. The van der Waals surface area contributed by atoms with E-state index < -0.39 is 4.92 Å². The summed E-state index contributed by atoms with van der Waals surface area (Å²) >= 11 is 0. The van der Waals surface area contributed by atoms with Gasteiger partial charge in [-0.05, 0) is 110 Å². The molecule has 10 nitrogen and oxygen atoms in total. The monoisotopic (exact) mass is 580 g/mol. The summed E-state index contributed by atoms with van der Waals surface area (Å²) in [4.78, 5) is 25.9. The minimum Gasteiger partial charge on any atom is -0.493 e. The lowest BCUT2D eigenvalue weighted by Gasteiger charge is -2.62. The number of nitro benzene ring substituents is 1. The van der Waals surface area contributed by atoms with Gasteiger partial charge in [-0.25, -0.2) is 0 Å². The van der Waals surface area contributed by atoms with Crippen LogP contribution in [0.25, 0.3) is 10.9 Å². The highest BCUT2D eigenvalue weighted by Crippen LogP contribution is 2.68. The van der Waals surface area contributed by atoms with Crippen molar-refractivity contribution in [2.75, 3.05) is 0 Å². The Morgan fingerprint density at radius 1 is 1.12 bits per heavy atom. The van der Waals surface area contributed by atoms with Crippen LogP contribution in [0.1, 0.15) is 85.0 Å². The Bertz CT molecular complexity index is 1410. The van der Waals surface area contributed by atoms with Crippen molar-refractivity contribution in [2.24, 2.45) is 56.6 Å². The van der Waals surface area contributed by atoms with Crippen LogP contribution < -0.4 is 0 Å². The first kappa shape index (κ1) is 29.2. The minimum absolute atomic E-state index is 0.0960. The quantitative estimate of drug-likeness (QED) is 0.167. The summed E-state index contributed by atoms with van der Waals surface area (Å²) in [5, 5.41) is 51.4. The van der Waals surface area contributed by atoms with Gasteiger partial charge in [-0.3, -0.25) is 14.9 Å². The summed E-state index contributed by atoms with van der Waals surface area (Å²) in [6.45, 7) is 7.11. The van der Waals surface area contributed by atoms with Crippen LogP contribution in [-0.2, 0) is 4.79 Å². The van der Waals surface area contributed by atoms with Crippen molar-refractivity contribution < 1.29 is 25.0 Å². The van der Waals surface area contributed by atoms with Crippen LogP contribution >= 0.6 is 0 Å². The number of non-ortho nitro benzene ring substituents is 1. The Kier molecular flexibility index (Phi) is 7.45. The van der Waals surface area contributed by atoms with E-state index in [1.165, 1.54) is 18.2 Å². The number of H-pyrrole nitrogens is 1. The number of hydrogen-bond acceptors (Lipinski definition) is 7. The molecule has 1 amide bonds. The number of aromatic amines is 1. The molecule has 0 spiro atoms. The number of nitrogens with one attached hydrogen (secondary N) is 1. The van der Waals surface area contributed by atoms with Gasteiger partial charge in [0.25, 0.3) is 11.6 Å². The van der Waals surface area contributed by atoms with Crippen molar-refractivity contribution in [3.05, 3.63) is 28.3 Å². The van der Waals surface area contributed by atoms with Gasteiger partial charge in [0.15, 0.2) is 5.69 Å². The standard InChI is InChI=1S/C32H44N4O6/c1-17(4-9-27(39)34-35-29-21-6-5-19(36(41)42)16-25(21)33-30(29)40)22-7-8-23-28-24(11-13-32(22,23)3)31(2)12-10-20(37)14-18(31)15-26(28)38/h5-6,16-18,20,22-24,26,28,33,37-38,40H,4,7-15H2,1-3H3/t17-,18-,20+,22-,23+,24+,26+,28+,31+,32-/m1/s1. The molecule has 0 unspecified atom stereocenters. The van der Waals surface area contributed by atoms with Crippen molar-refractivity contribution in [2.45, 2.75) is 97.2 Å². The average molecular weight is 581 g/mol. The number of aliphatic hydroxyl groups excluding tert-OH is 2. The predicted molar refractivity (Wildman–Crippen MR) is 157 cm³/mol. The van der Waals surface area contributed by atoms with E-state index in [0.717, 1.165) is 51.4 Å². The number of aliphatic hydroxyl groups is 2. The second kappa shape index (κ2) is 10.7. The molecule has 0 bridgehead atoms. The molecule has 4 N–H and O–H groups in total. The lowest BCUT2D eigenvalue weighted by Crippen LogP contribution is -2.58. The van der Waals surface area contributed by atoms with E-state index in [-0.39, 0.29) is 52.6 Å². The number of azo groups is 1. The fourth-order valence-corrected chi connectivity index (χ4v) is 10.3. The smallest absolute Gasteiger partial charge is 0.271 e. The molecule has 1 heterocycles. The minimum atomic E-state index is -0.516. The van der Waals surface area contributed by atoms with Crippen LogP contribution in [0.3, 0.4) is 0 Å². The number of carbonyl (C=O) groups is 1. The van der Waals surface area contributed by atoms with E-state index in [1.807, 2.05) is 0 Å². The second-order valence-corrected chi connectivity index (χ2v) is 14.4. The molecule has 1 aromatic heterocycles. The van der Waals surface area contributed by atoms with Crippen molar-refractivity contribution in [1.29, 1.82) is 0 Å². The van der Waals surface area contributed by atoms with E-state index in [0.29, 0.717) is 52.8 Å². The summed E-state index contributed by atoms with van der Waals surface area (Å²) < 4.78 is 0. The van der Waals surface area contributed by atoms with Crippen LogP contribution in [0.2, 0.25) is 0 Å². The van der Waals surface area contributed by atoms with Crippen molar-refractivity contribution in [3.63, 3.8) is 0 Å². The van der Waals surface area contributed by atoms with Crippen molar-refractivity contribution in [3.8, 4) is 5.88 Å². The zero-order chi connectivity index (χ0) is 30.0. The molecule has 10 heteroatoms. The van der Waals surface area contributed by atoms with Gasteiger partial charge in [-0.2, -0.15) is 0 Å². The van der Waals surface area contributed by atoms with Crippen molar-refractivity contribution >= 4 is 28.2 Å². The summed E-state index contributed by atoms with van der Waals surface area (Å²) in [6.07, 6.45) is 8.52. The van der Waals surface area contributed by atoms with Crippen LogP contribution in [0.15, 0.2) is 28.4 Å². The molecule has 6 rings (SSSR count). The molecule has 0 radical (unpaired) electrons. The zero-order valence-corrected chi connectivity index (χ0v) is 24.8. The normalized spacial score (nSPS) is 38.6. The molecule has 4 aliphatic carbocycles. The van der Waals surface area contributed by atoms with Gasteiger partial charge in [-0.1, -0.05) is 20.8 Å². The third-order valence-electron chi connectivity index (χ3n) is 12.4. The third-order valence-corrected chi connectivity index (χ3v) is 12.4. The number of nitro groups is 1. The van der Waals surface area contributed by atoms with Crippen LogP contribution in [-0.4, -0.2) is 43.3 Å². The Morgan fingerprint density at radius 3 is 2.62 bits per heavy atom. The predicted octanol–water partition coefficient (Wildman–Crippen LogP) is 6.80. The Labute approximate surface area is 246 Å². The average Bonchev–Trinajstić information content (AvgIpc) is 3.46. The number of rotatable bonds is 6. The molecule has 10 atom stereocenters. The second-order valence-electron chi connectivity index (χ2n) is 14.4. The number of hydrogen-bond donors (Lipinski definition) is 4. The summed E-state index contributed by atoms with van der Waals surface area (Å²) in [6, 6.07) is 4.12. The zero-order valence-electron chi connectivity index (χ0n) is 24.8. The third kappa shape index (κ3) is 4.75. The Morgan fingerprint density at radius 2 is 1.86 bits per heavy atom. The molecule has 0 saturated heterocycles. The number of fused-ring (bicyclic) bond motifs is 6. The maximum absolute atomic E-state index is 12.7. The maximum Gasteiger partial charge on any atom is 0.271 e. The molecule has 228 valence electrons. The fraction of sp³-hybridized carbons (Fsp3) is 0.719. The van der Waals surface area contributed by atoms with Gasteiger partial charge in [-0.15, -0.1) is 10.2 Å². The fourth-order valence-electron chi connectivity index (χ4n) is 10.3. The number of aromatic nitrogens is 1. The van der Waals surface area contributed by atoms with Gasteiger partial charge in [0.05, 0.1) is 22.6 Å². The van der Waals surface area contributed by atoms with Crippen LogP contribution in [0.4, 0.5) is 11.4 Å². The number of nitrogens with zero attached hydrogens (tertiary/aromatic N) is 3. The molecular weight excluding hydrogens is 536 g/mol. The lowest BCUT2D eigenvalue weighted by atomic mass is 9.43. The highest BCUT2D eigenvalue weighted by atomic mass is 16.6. The van der Waals surface area contributed by atoms with Gasteiger partial charge >= 0.3 is 0 Å². The molecule has 42 heavy (non-hydrogen) atoms. The number of amides is 1. The van der Waals surface area contributed by atoms with E-state index >= 15 is 0 Å². The topological polar surface area (TPSA) is 161 Å². The van der Waals surface area contributed by atoms with Gasteiger partial charge in [0, 0.05) is 23.9 Å². The first-order chi connectivity index (χ1) is 19.9. The summed E-state index contributed by atoms with van der Waals surface area (Å²) in [7, 11) is 0. The van der Waals surface area contributed by atoms with Gasteiger partial charge in [0.1, 0.15) is 0 Å². The Balaban J connectivity index is 1.10. The molecule has 4 saturated carbocycles. The highest BCUT2D eigenvalue weighted by molar-refractivity contribution is 5.95. The largest absolute Gasteiger partial charge is 0.493 e. The summed E-state index contributed by atoms with van der Waals surface area (Å²) in [5.41, 5.74) is 0.684. The molecule has 4 fully saturated rings. The number of benzene rings is 1. The van der Waals surface area contributed by atoms with Gasteiger partial charge < -0.3 is 20.3 Å². The van der Waals surface area contributed by atoms with Crippen LogP contribution in [0, 0.1) is 56.5 Å². The molecule has 2 aromatic rings. The van der Waals surface area contributed by atoms with Gasteiger partial charge in [0.2, 0.25) is 5.88 Å². The van der Waals surface area contributed by atoms with E-state index in [9.17, 15) is 30.2 Å². The molecule has 1 aromatic carbocycles. The summed E-state index contributed by atoms with van der Waals surface area (Å²) in [5.74, 6) is 1.88. The highest BCUT2D eigenvalue weighted by Gasteiger charge is 2.62. The lowest BCUT2D eigenvalue weighted by molar-refractivity contribution is -0.384. The molecular formula is C32H44N4O6. The van der Waals surface area contributed by atoms with E-state index in [2.05, 4.69) is 36.0 Å². The van der Waals surface area contributed by atoms with Crippen molar-refractivity contribution in [1.82, 2.24) is 4.98 Å². The molecule has 4 aliphatic rings. The Hall–Kier alpha value is -2.85. The first-order valence-corrected chi connectivity index (χ1v) is 15.7. The van der Waals surface area contributed by atoms with E-state index in [1.54, 1.807) is 0 Å². The first-order valence-electron chi connectivity index (χ1n) is 15.7. The molecule has 0 aliphatic heterocycles. The van der Waals surface area contributed by atoms with E-state index in [4.69, 9.17) is 0 Å².